The summed E-state index contributed by atoms with van der Waals surface area (Å²) in [7, 11) is 1.68. The highest BCUT2D eigenvalue weighted by Gasteiger charge is 2.07. The van der Waals surface area contributed by atoms with E-state index in [2.05, 4.69) is 31.4 Å². The summed E-state index contributed by atoms with van der Waals surface area (Å²) in [4.78, 5) is 0. The normalized spacial score (nSPS) is 10.6. The maximum Gasteiger partial charge on any atom is 0.299 e. The molecule has 1 heterocycles. The van der Waals surface area contributed by atoms with Crippen LogP contribution in [0.1, 0.15) is 5.01 Å². The molecule has 0 saturated heterocycles. The highest BCUT2D eigenvalue weighted by Crippen LogP contribution is 2.30. The Balaban J connectivity index is 1.89. The number of methoxy groups -OCH3 is 1. The zero-order valence-electron chi connectivity index (χ0n) is 10.4. The molecule has 5 nitrogen and oxygen atoms in total. The molecular formula is C12H14BrN3O2S. The number of benzene rings is 1. The van der Waals surface area contributed by atoms with E-state index < -0.39 is 0 Å². The largest absolute Gasteiger partial charge is 0.429 e. The van der Waals surface area contributed by atoms with Crippen LogP contribution in [0, 0.1) is 0 Å². The van der Waals surface area contributed by atoms with Crippen molar-refractivity contribution < 1.29 is 9.47 Å². The average molecular weight is 344 g/mol. The minimum atomic E-state index is 0.537. The molecule has 19 heavy (non-hydrogen) atoms. The van der Waals surface area contributed by atoms with Gasteiger partial charge in [-0.3, -0.25) is 0 Å². The summed E-state index contributed by atoms with van der Waals surface area (Å²) in [6, 6.07) is 7.64. The molecule has 1 aromatic carbocycles. The molecule has 0 aliphatic carbocycles. The number of para-hydroxylation sites is 1. The molecule has 1 N–H and O–H groups in total. The van der Waals surface area contributed by atoms with Crippen LogP contribution in [0.5, 0.6) is 10.9 Å². The molecule has 102 valence electrons. The maximum absolute atomic E-state index is 5.66. The Morgan fingerprint density at radius 1 is 1.32 bits per heavy atom. The monoisotopic (exact) mass is 343 g/mol. The van der Waals surface area contributed by atoms with Crippen LogP contribution in [0.25, 0.3) is 0 Å². The molecular weight excluding hydrogens is 330 g/mol. The minimum absolute atomic E-state index is 0.537. The first-order chi connectivity index (χ1) is 9.29. The second-order valence-corrected chi connectivity index (χ2v) is 5.54. The number of aromatic nitrogens is 2. The quantitative estimate of drug-likeness (QED) is 0.783. The van der Waals surface area contributed by atoms with E-state index in [1.165, 1.54) is 11.3 Å². The van der Waals surface area contributed by atoms with E-state index in [1.54, 1.807) is 7.11 Å². The fourth-order valence-corrected chi connectivity index (χ4v) is 2.38. The highest BCUT2D eigenvalue weighted by molar-refractivity contribution is 9.10. The van der Waals surface area contributed by atoms with Crippen LogP contribution in [-0.2, 0) is 11.3 Å². The lowest BCUT2D eigenvalue weighted by atomic mass is 10.3. The van der Waals surface area contributed by atoms with Crippen molar-refractivity contribution in [3.63, 3.8) is 0 Å². The van der Waals surface area contributed by atoms with Crippen molar-refractivity contribution in [2.75, 3.05) is 20.3 Å². The Bertz CT molecular complexity index is 521. The smallest absolute Gasteiger partial charge is 0.299 e. The number of rotatable bonds is 7. The second-order valence-electron chi connectivity index (χ2n) is 3.66. The third kappa shape index (κ3) is 4.54. The summed E-state index contributed by atoms with van der Waals surface area (Å²) >= 11 is 4.85. The van der Waals surface area contributed by atoms with Gasteiger partial charge in [0.05, 0.1) is 11.1 Å². The van der Waals surface area contributed by atoms with Crippen LogP contribution in [0.2, 0.25) is 0 Å². The van der Waals surface area contributed by atoms with E-state index in [9.17, 15) is 0 Å². The van der Waals surface area contributed by atoms with E-state index in [-0.39, 0.29) is 0 Å². The van der Waals surface area contributed by atoms with Crippen molar-refractivity contribution in [2.24, 2.45) is 0 Å². The van der Waals surface area contributed by atoms with Crippen molar-refractivity contribution in [3.05, 3.63) is 33.7 Å². The molecule has 0 saturated carbocycles. The lowest BCUT2D eigenvalue weighted by molar-refractivity contribution is 0.199. The van der Waals surface area contributed by atoms with Crippen molar-refractivity contribution in [1.29, 1.82) is 0 Å². The molecule has 0 aliphatic rings. The van der Waals surface area contributed by atoms with E-state index in [0.717, 1.165) is 21.8 Å². The predicted molar refractivity (Wildman–Crippen MR) is 77.7 cm³/mol. The third-order valence-corrected chi connectivity index (χ3v) is 3.70. The van der Waals surface area contributed by atoms with Gasteiger partial charge >= 0.3 is 0 Å². The third-order valence-electron chi connectivity index (χ3n) is 2.24. The predicted octanol–water partition coefficient (Wildman–Crippen LogP) is 2.83. The van der Waals surface area contributed by atoms with E-state index in [4.69, 9.17) is 9.47 Å². The Kier molecular flexibility index (Phi) is 5.71. The molecule has 0 atom stereocenters. The zero-order chi connectivity index (χ0) is 13.5. The number of nitrogens with zero attached hydrogens (tertiary/aromatic N) is 2. The molecule has 2 aromatic rings. The molecule has 0 amide bonds. The molecule has 0 unspecified atom stereocenters. The van der Waals surface area contributed by atoms with Crippen LogP contribution in [0.4, 0.5) is 0 Å². The van der Waals surface area contributed by atoms with E-state index in [1.807, 2.05) is 24.3 Å². The molecule has 1 aromatic heterocycles. The molecule has 0 bridgehead atoms. The summed E-state index contributed by atoms with van der Waals surface area (Å²) < 4.78 is 11.5. The standard InChI is InChI=1S/C12H14BrN3O2S/c1-17-7-6-14-8-11-15-16-12(19-11)18-10-5-3-2-4-9(10)13/h2-5,14H,6-8H2,1H3. The van der Waals surface area contributed by atoms with Gasteiger partial charge in [0.2, 0.25) is 0 Å². The first kappa shape index (κ1) is 14.4. The topological polar surface area (TPSA) is 56.3 Å². The fourth-order valence-electron chi connectivity index (χ4n) is 1.34. The maximum atomic E-state index is 5.66. The van der Waals surface area contributed by atoms with E-state index >= 15 is 0 Å². The Hall–Kier alpha value is -1.02. The number of nitrogens with one attached hydrogen (secondary N) is 1. The molecule has 0 aliphatic heterocycles. The summed E-state index contributed by atoms with van der Waals surface area (Å²) in [5.41, 5.74) is 0. The summed E-state index contributed by atoms with van der Waals surface area (Å²) in [6.07, 6.45) is 0. The van der Waals surface area contributed by atoms with Gasteiger partial charge in [0, 0.05) is 20.2 Å². The molecule has 0 spiro atoms. The lowest BCUT2D eigenvalue weighted by Gasteiger charge is -2.02. The van der Waals surface area contributed by atoms with Gasteiger partial charge in [-0.05, 0) is 28.1 Å². The number of hydrogen-bond donors (Lipinski definition) is 1. The highest BCUT2D eigenvalue weighted by atomic mass is 79.9. The number of hydrogen-bond acceptors (Lipinski definition) is 6. The lowest BCUT2D eigenvalue weighted by Crippen LogP contribution is -2.18. The SMILES string of the molecule is COCCNCc1nnc(Oc2ccccc2Br)s1. The Morgan fingerprint density at radius 2 is 2.16 bits per heavy atom. The van der Waals surface area contributed by atoms with E-state index in [0.29, 0.717) is 18.3 Å². The summed E-state index contributed by atoms with van der Waals surface area (Å²) in [6.45, 7) is 2.13. The fraction of sp³-hybridized carbons (Fsp3) is 0.333. The molecule has 2 rings (SSSR count). The van der Waals surface area contributed by atoms with Crippen LogP contribution < -0.4 is 10.1 Å². The minimum Gasteiger partial charge on any atom is -0.429 e. The summed E-state index contributed by atoms with van der Waals surface area (Å²) in [5, 5.41) is 12.7. The van der Waals surface area contributed by atoms with Crippen molar-refractivity contribution in [2.45, 2.75) is 6.54 Å². The van der Waals surface area contributed by atoms with Crippen molar-refractivity contribution >= 4 is 27.3 Å². The van der Waals surface area contributed by atoms with Gasteiger partial charge in [0.1, 0.15) is 10.8 Å². The Morgan fingerprint density at radius 3 is 2.95 bits per heavy atom. The van der Waals surface area contributed by atoms with Gasteiger partial charge in [-0.2, -0.15) is 0 Å². The van der Waals surface area contributed by atoms with Gasteiger partial charge in [-0.15, -0.1) is 5.10 Å². The average Bonchev–Trinajstić information content (AvgIpc) is 2.85. The van der Waals surface area contributed by atoms with Gasteiger partial charge < -0.3 is 14.8 Å². The van der Waals surface area contributed by atoms with Crippen molar-refractivity contribution in [3.8, 4) is 10.9 Å². The van der Waals surface area contributed by atoms with Crippen LogP contribution in [-0.4, -0.2) is 30.5 Å². The van der Waals surface area contributed by atoms with Crippen LogP contribution >= 0.6 is 27.3 Å². The number of ether oxygens (including phenoxy) is 2. The van der Waals surface area contributed by atoms with Gasteiger partial charge in [-0.25, -0.2) is 0 Å². The van der Waals surface area contributed by atoms with Gasteiger partial charge in [0.25, 0.3) is 5.19 Å². The van der Waals surface area contributed by atoms with Gasteiger partial charge in [-0.1, -0.05) is 28.6 Å². The van der Waals surface area contributed by atoms with Crippen LogP contribution in [0.15, 0.2) is 28.7 Å². The van der Waals surface area contributed by atoms with Crippen molar-refractivity contribution in [1.82, 2.24) is 15.5 Å². The molecule has 0 radical (unpaired) electrons. The number of halogens is 1. The van der Waals surface area contributed by atoms with Gasteiger partial charge in [0.15, 0.2) is 0 Å². The first-order valence-electron chi connectivity index (χ1n) is 5.74. The zero-order valence-corrected chi connectivity index (χ0v) is 12.8. The second kappa shape index (κ2) is 7.54. The molecule has 7 heteroatoms. The first-order valence-corrected chi connectivity index (χ1v) is 7.35. The molecule has 0 fully saturated rings. The summed E-state index contributed by atoms with van der Waals surface area (Å²) in [5.74, 6) is 0.734. The Labute approximate surface area is 124 Å². The van der Waals surface area contributed by atoms with Crippen LogP contribution in [0.3, 0.4) is 0 Å².